The van der Waals surface area contributed by atoms with E-state index in [2.05, 4.69) is 0 Å². The van der Waals surface area contributed by atoms with Crippen molar-refractivity contribution in [1.82, 2.24) is 10.0 Å². The number of benzene rings is 2. The Morgan fingerprint density at radius 1 is 0.815 bits per heavy atom. The first-order valence-corrected chi connectivity index (χ1v) is 9.56. The zero-order valence-electron chi connectivity index (χ0n) is 14.1. The number of carbonyl (C=O) groups excluding carboxylic acids is 3. The lowest BCUT2D eigenvalue weighted by Crippen LogP contribution is -2.48. The van der Waals surface area contributed by atoms with Crippen molar-refractivity contribution in [2.75, 3.05) is 0 Å². The van der Waals surface area contributed by atoms with Crippen molar-refractivity contribution >= 4 is 52.1 Å². The van der Waals surface area contributed by atoms with Crippen molar-refractivity contribution < 1.29 is 14.4 Å². The normalized spacial score (nSPS) is 18.9. The molecule has 134 valence electrons. The van der Waals surface area contributed by atoms with Gasteiger partial charge in [-0.1, -0.05) is 66.4 Å². The molecule has 2 heterocycles. The zero-order chi connectivity index (χ0) is 19.0. The third kappa shape index (κ3) is 3.31. The van der Waals surface area contributed by atoms with E-state index in [0.29, 0.717) is 4.91 Å². The van der Waals surface area contributed by atoms with E-state index in [1.165, 1.54) is 0 Å². The van der Waals surface area contributed by atoms with Crippen molar-refractivity contribution in [1.29, 1.82) is 0 Å². The van der Waals surface area contributed by atoms with Crippen LogP contribution in [0.3, 0.4) is 0 Å². The van der Waals surface area contributed by atoms with Gasteiger partial charge in [0, 0.05) is 12.8 Å². The molecule has 3 amide bonds. The van der Waals surface area contributed by atoms with Crippen LogP contribution in [-0.2, 0) is 14.4 Å². The van der Waals surface area contributed by atoms with Crippen LogP contribution in [0.2, 0.25) is 0 Å². The number of carbonyl (C=O) groups is 3. The number of hydrogen-bond donors (Lipinski definition) is 0. The fraction of sp³-hybridized carbons (Fsp3) is 0.100. The van der Waals surface area contributed by atoms with Crippen molar-refractivity contribution in [2.45, 2.75) is 12.8 Å². The summed E-state index contributed by atoms with van der Waals surface area (Å²) in [5.41, 5.74) is 3.03. The number of amides is 3. The topological polar surface area (TPSA) is 57.7 Å². The van der Waals surface area contributed by atoms with Crippen LogP contribution in [0, 0.1) is 0 Å². The fourth-order valence-electron chi connectivity index (χ4n) is 2.97. The minimum Gasteiger partial charge on any atom is -0.272 e. The Labute approximate surface area is 165 Å². The number of nitrogens with zero attached hydrogens (tertiary/aromatic N) is 2. The van der Waals surface area contributed by atoms with E-state index in [1.807, 2.05) is 54.6 Å². The van der Waals surface area contributed by atoms with Gasteiger partial charge in [-0.15, -0.1) is 0 Å². The number of thiocarbonyl (C=S) groups is 1. The highest BCUT2D eigenvalue weighted by Gasteiger charge is 2.44. The predicted molar refractivity (Wildman–Crippen MR) is 108 cm³/mol. The summed E-state index contributed by atoms with van der Waals surface area (Å²) in [7, 11) is 0. The van der Waals surface area contributed by atoms with Gasteiger partial charge in [0.1, 0.15) is 0 Å². The molecule has 0 spiro atoms. The summed E-state index contributed by atoms with van der Waals surface area (Å²) in [5, 5.41) is 1.89. The Bertz CT molecular complexity index is 968. The third-order valence-corrected chi connectivity index (χ3v) is 5.60. The van der Waals surface area contributed by atoms with Crippen LogP contribution in [0.5, 0.6) is 0 Å². The van der Waals surface area contributed by atoms with E-state index in [0.717, 1.165) is 38.5 Å². The summed E-state index contributed by atoms with van der Waals surface area (Å²) >= 11 is 6.31. The standard InChI is InChI=1S/C20H14N2O3S2/c23-17-10-11-18(24)21(17)22-19(25)16(27-20(22)26)12-13-6-8-15(9-7-13)14-4-2-1-3-5-14/h1-9,12H,10-11H2/b16-12-. The molecule has 0 N–H and O–H groups in total. The number of rotatable bonds is 3. The van der Waals surface area contributed by atoms with Crippen LogP contribution in [0.25, 0.3) is 17.2 Å². The van der Waals surface area contributed by atoms with Crippen LogP contribution < -0.4 is 0 Å². The maximum atomic E-state index is 12.7. The number of thioether (sulfide) groups is 1. The predicted octanol–water partition coefficient (Wildman–Crippen LogP) is 3.62. The Kier molecular flexibility index (Phi) is 4.63. The number of hydrazine groups is 1. The minimum absolute atomic E-state index is 0.107. The second-order valence-corrected chi connectivity index (χ2v) is 7.76. The first kappa shape index (κ1) is 17.6. The molecule has 0 atom stereocenters. The van der Waals surface area contributed by atoms with E-state index in [1.54, 1.807) is 6.08 Å². The van der Waals surface area contributed by atoms with E-state index in [4.69, 9.17) is 12.2 Å². The van der Waals surface area contributed by atoms with Gasteiger partial charge in [-0.2, -0.15) is 10.0 Å². The lowest BCUT2D eigenvalue weighted by atomic mass is 10.0. The van der Waals surface area contributed by atoms with Gasteiger partial charge in [0.05, 0.1) is 4.91 Å². The van der Waals surface area contributed by atoms with Crippen LogP contribution in [-0.4, -0.2) is 32.1 Å². The number of imide groups is 1. The van der Waals surface area contributed by atoms with Crippen LogP contribution in [0.1, 0.15) is 18.4 Å². The summed E-state index contributed by atoms with van der Waals surface area (Å²) < 4.78 is 0.191. The summed E-state index contributed by atoms with van der Waals surface area (Å²) in [4.78, 5) is 36.9. The quantitative estimate of drug-likeness (QED) is 0.452. The van der Waals surface area contributed by atoms with Crippen LogP contribution >= 0.6 is 24.0 Å². The van der Waals surface area contributed by atoms with Gasteiger partial charge in [0.25, 0.3) is 5.91 Å². The Morgan fingerprint density at radius 2 is 1.41 bits per heavy atom. The van der Waals surface area contributed by atoms with E-state index < -0.39 is 17.7 Å². The highest BCUT2D eigenvalue weighted by Crippen LogP contribution is 2.35. The molecule has 2 aliphatic heterocycles. The molecule has 0 unspecified atom stereocenters. The molecule has 0 bridgehead atoms. The largest absolute Gasteiger partial charge is 0.285 e. The van der Waals surface area contributed by atoms with Crippen LogP contribution in [0.15, 0.2) is 59.5 Å². The summed E-state index contributed by atoms with van der Waals surface area (Å²) in [6.45, 7) is 0. The summed E-state index contributed by atoms with van der Waals surface area (Å²) in [6, 6.07) is 17.8. The molecular weight excluding hydrogens is 380 g/mol. The molecule has 0 saturated carbocycles. The van der Waals surface area contributed by atoms with Gasteiger partial charge in [-0.3, -0.25) is 14.4 Å². The second kappa shape index (κ2) is 7.09. The molecule has 2 aromatic rings. The van der Waals surface area contributed by atoms with E-state index in [9.17, 15) is 14.4 Å². The number of hydrogen-bond acceptors (Lipinski definition) is 5. The van der Waals surface area contributed by atoms with Gasteiger partial charge in [0.2, 0.25) is 11.8 Å². The first-order chi connectivity index (χ1) is 13.0. The summed E-state index contributed by atoms with van der Waals surface area (Å²) in [6.07, 6.45) is 1.94. The van der Waals surface area contributed by atoms with E-state index in [-0.39, 0.29) is 17.2 Å². The summed E-state index contributed by atoms with van der Waals surface area (Å²) in [5.74, 6) is -1.24. The molecule has 2 aliphatic rings. The maximum Gasteiger partial charge on any atom is 0.285 e. The average molecular weight is 394 g/mol. The maximum absolute atomic E-state index is 12.7. The van der Waals surface area contributed by atoms with Gasteiger partial charge >= 0.3 is 0 Å². The molecule has 2 aromatic carbocycles. The van der Waals surface area contributed by atoms with Gasteiger partial charge in [-0.05, 0) is 35.0 Å². The first-order valence-electron chi connectivity index (χ1n) is 8.34. The second-order valence-electron chi connectivity index (χ2n) is 6.08. The van der Waals surface area contributed by atoms with E-state index >= 15 is 0 Å². The fourth-order valence-corrected chi connectivity index (χ4v) is 4.22. The molecule has 27 heavy (non-hydrogen) atoms. The minimum atomic E-state index is -0.444. The molecule has 2 fully saturated rings. The highest BCUT2D eigenvalue weighted by molar-refractivity contribution is 8.26. The highest BCUT2D eigenvalue weighted by atomic mass is 32.2. The molecule has 2 saturated heterocycles. The smallest absolute Gasteiger partial charge is 0.272 e. The Morgan fingerprint density at radius 3 is 2.04 bits per heavy atom. The van der Waals surface area contributed by atoms with Crippen molar-refractivity contribution in [3.8, 4) is 11.1 Å². The lowest BCUT2D eigenvalue weighted by molar-refractivity contribution is -0.157. The van der Waals surface area contributed by atoms with Gasteiger partial charge < -0.3 is 0 Å². The zero-order valence-corrected chi connectivity index (χ0v) is 15.8. The van der Waals surface area contributed by atoms with Crippen molar-refractivity contribution in [3.05, 3.63) is 65.1 Å². The Balaban J connectivity index is 1.58. The Hall–Kier alpha value is -2.77. The van der Waals surface area contributed by atoms with Crippen molar-refractivity contribution in [2.24, 2.45) is 0 Å². The third-order valence-electron chi connectivity index (χ3n) is 4.31. The molecule has 7 heteroatoms. The molecular formula is C20H14N2O3S2. The molecule has 0 aromatic heterocycles. The molecule has 0 radical (unpaired) electrons. The van der Waals surface area contributed by atoms with Gasteiger partial charge in [-0.25, -0.2) is 0 Å². The molecule has 0 aliphatic carbocycles. The molecule has 4 rings (SSSR count). The monoisotopic (exact) mass is 394 g/mol. The van der Waals surface area contributed by atoms with Crippen molar-refractivity contribution in [3.63, 3.8) is 0 Å². The molecule has 5 nitrogen and oxygen atoms in total. The van der Waals surface area contributed by atoms with Crippen LogP contribution in [0.4, 0.5) is 0 Å². The van der Waals surface area contributed by atoms with Gasteiger partial charge in [0.15, 0.2) is 4.32 Å². The lowest BCUT2D eigenvalue weighted by Gasteiger charge is -2.23. The average Bonchev–Trinajstić information content (AvgIpc) is 3.14. The SMILES string of the molecule is O=C1CCC(=O)N1N1C(=O)/C(=C/c2ccc(-c3ccccc3)cc2)SC1=S.